The summed E-state index contributed by atoms with van der Waals surface area (Å²) in [5.41, 5.74) is 7.15. The van der Waals surface area contributed by atoms with Gasteiger partial charge in [-0.1, -0.05) is 98.7 Å². The molecule has 0 amide bonds. The highest BCUT2D eigenvalue weighted by Gasteiger charge is 2.08. The zero-order valence-corrected chi connectivity index (χ0v) is 18.9. The van der Waals surface area contributed by atoms with Crippen LogP contribution < -0.4 is 10.6 Å². The van der Waals surface area contributed by atoms with Crippen LogP contribution in [0.2, 0.25) is 0 Å². The summed E-state index contributed by atoms with van der Waals surface area (Å²) >= 11 is 0. The Balaban J connectivity index is 1.87. The largest absolute Gasteiger partial charge is 0.361 e. The number of allylic oxidation sites excluding steroid dienone is 13. The number of rotatable bonds is 9. The van der Waals surface area contributed by atoms with Gasteiger partial charge in [0.1, 0.15) is 0 Å². The van der Waals surface area contributed by atoms with E-state index in [2.05, 4.69) is 66.8 Å². The Morgan fingerprint density at radius 2 is 1.82 bits per heavy atom. The van der Waals surface area contributed by atoms with Crippen molar-refractivity contribution in [1.82, 2.24) is 0 Å². The van der Waals surface area contributed by atoms with Crippen LogP contribution in [0.5, 0.6) is 0 Å². The van der Waals surface area contributed by atoms with Crippen molar-refractivity contribution in [3.8, 4) is 0 Å². The van der Waals surface area contributed by atoms with Crippen LogP contribution in [0, 0.1) is 0 Å². The molecular weight excluding hydrogens is 400 g/mol. The maximum Gasteiger partial charge on any atom is 0.0459 e. The van der Waals surface area contributed by atoms with Gasteiger partial charge in [0, 0.05) is 28.8 Å². The molecule has 33 heavy (non-hydrogen) atoms. The molecule has 0 saturated carbocycles. The van der Waals surface area contributed by atoms with Crippen LogP contribution in [-0.2, 0) is 0 Å². The average molecular weight is 431 g/mol. The zero-order valence-electron chi connectivity index (χ0n) is 18.9. The van der Waals surface area contributed by atoms with Crippen LogP contribution in [0.15, 0.2) is 147 Å². The molecule has 0 bridgehead atoms. The molecule has 0 atom stereocenters. The molecule has 2 aromatic carbocycles. The molecule has 0 unspecified atom stereocenters. The predicted octanol–water partition coefficient (Wildman–Crippen LogP) is 8.45. The molecule has 0 radical (unpaired) electrons. The van der Waals surface area contributed by atoms with E-state index in [1.807, 2.05) is 79.1 Å². The smallest absolute Gasteiger partial charge is 0.0459 e. The van der Waals surface area contributed by atoms with Crippen molar-refractivity contribution >= 4 is 22.5 Å². The highest BCUT2D eigenvalue weighted by Crippen LogP contribution is 2.30. The van der Waals surface area contributed by atoms with E-state index in [4.69, 9.17) is 0 Å². The van der Waals surface area contributed by atoms with Crippen molar-refractivity contribution in [2.45, 2.75) is 6.42 Å². The number of para-hydroxylation sites is 1. The third-order valence-electron chi connectivity index (χ3n) is 4.95. The van der Waals surface area contributed by atoms with Gasteiger partial charge in [-0.05, 0) is 59.5 Å². The monoisotopic (exact) mass is 430 g/mol. The van der Waals surface area contributed by atoms with E-state index in [0.717, 1.165) is 45.8 Å². The zero-order chi connectivity index (χ0) is 23.3. The fraction of sp³-hybridized carbons (Fsp3) is 0.0323. The van der Waals surface area contributed by atoms with Crippen molar-refractivity contribution in [3.63, 3.8) is 0 Å². The molecule has 3 rings (SSSR count). The van der Waals surface area contributed by atoms with E-state index in [-0.39, 0.29) is 0 Å². The molecule has 164 valence electrons. The van der Waals surface area contributed by atoms with Gasteiger partial charge in [-0.2, -0.15) is 0 Å². The van der Waals surface area contributed by atoms with Gasteiger partial charge in [-0.25, -0.2) is 0 Å². The number of hydrogen-bond acceptors (Lipinski definition) is 2. The number of hydrogen-bond donors (Lipinski definition) is 2. The lowest BCUT2D eigenvalue weighted by Crippen LogP contribution is -1.97. The predicted molar refractivity (Wildman–Crippen MR) is 147 cm³/mol. The average Bonchev–Trinajstić information content (AvgIpc) is 2.82. The van der Waals surface area contributed by atoms with Crippen LogP contribution >= 0.6 is 0 Å². The third-order valence-corrected chi connectivity index (χ3v) is 4.95. The molecule has 0 spiro atoms. The molecule has 0 saturated heterocycles. The minimum absolute atomic E-state index is 0.804. The quantitative estimate of drug-likeness (QED) is 0.390. The Morgan fingerprint density at radius 1 is 0.970 bits per heavy atom. The summed E-state index contributed by atoms with van der Waals surface area (Å²) < 4.78 is 0. The Hall–Kier alpha value is -4.30. The van der Waals surface area contributed by atoms with E-state index in [9.17, 15) is 0 Å². The molecule has 1 aliphatic heterocycles. The SMILES string of the molecule is C=C/C=C\C=C/C/C=C(\C=C/C(=C)Nc1ccccc1)c1ccc2c(c1)C(=C)/C=C\C=C/N2. The normalized spacial score (nSPS) is 15.6. The van der Waals surface area contributed by atoms with Gasteiger partial charge in [-0.3, -0.25) is 0 Å². The number of anilines is 2. The number of nitrogens with one attached hydrogen (secondary N) is 2. The Kier molecular flexibility index (Phi) is 8.87. The van der Waals surface area contributed by atoms with Crippen LogP contribution in [0.4, 0.5) is 11.4 Å². The standard InChI is InChI=1S/C31H30N2/c1-4-5-6-7-8-10-16-27(20-19-26(3)33-29-17-11-9-12-18-29)28-21-22-31-30(24-28)25(2)15-13-14-23-32-31/h4-9,11-24,32-33H,1-3,10H2/b6-5-,8-7-,15-13-,20-19-,23-14-,27-16+. The molecule has 0 fully saturated rings. The summed E-state index contributed by atoms with van der Waals surface area (Å²) in [6, 6.07) is 16.4. The van der Waals surface area contributed by atoms with Crippen molar-refractivity contribution < 1.29 is 0 Å². The van der Waals surface area contributed by atoms with E-state index >= 15 is 0 Å². The maximum atomic E-state index is 4.23. The maximum absolute atomic E-state index is 4.23. The van der Waals surface area contributed by atoms with Crippen LogP contribution in [-0.4, -0.2) is 0 Å². The summed E-state index contributed by atoms with van der Waals surface area (Å²) in [4.78, 5) is 0. The second-order valence-corrected chi connectivity index (χ2v) is 7.44. The fourth-order valence-corrected chi connectivity index (χ4v) is 3.29. The van der Waals surface area contributed by atoms with Gasteiger partial charge in [0.25, 0.3) is 0 Å². The molecule has 2 aromatic rings. The molecule has 1 aliphatic rings. The fourth-order valence-electron chi connectivity index (χ4n) is 3.29. The first kappa shape index (κ1) is 23.4. The summed E-state index contributed by atoms with van der Waals surface area (Å²) in [5.74, 6) is 0. The molecule has 2 N–H and O–H groups in total. The molecule has 1 heterocycles. The van der Waals surface area contributed by atoms with Gasteiger partial charge in [-0.15, -0.1) is 0 Å². The highest BCUT2D eigenvalue weighted by molar-refractivity contribution is 5.86. The van der Waals surface area contributed by atoms with E-state index in [1.165, 1.54) is 0 Å². The highest BCUT2D eigenvalue weighted by atomic mass is 14.9. The molecule has 2 nitrogen and oxygen atoms in total. The first-order chi connectivity index (χ1) is 16.2. The molecule has 2 heteroatoms. The Labute approximate surface area is 197 Å². The van der Waals surface area contributed by atoms with Gasteiger partial charge in [0.05, 0.1) is 0 Å². The minimum Gasteiger partial charge on any atom is -0.361 e. The van der Waals surface area contributed by atoms with Crippen LogP contribution in [0.25, 0.3) is 11.1 Å². The Morgan fingerprint density at radius 3 is 2.64 bits per heavy atom. The molecule has 0 aliphatic carbocycles. The molecule has 0 aromatic heterocycles. The van der Waals surface area contributed by atoms with Gasteiger partial charge in [0.2, 0.25) is 0 Å². The lowest BCUT2D eigenvalue weighted by atomic mass is 9.96. The Bertz CT molecular complexity index is 1170. The minimum atomic E-state index is 0.804. The third kappa shape index (κ3) is 7.41. The van der Waals surface area contributed by atoms with Gasteiger partial charge >= 0.3 is 0 Å². The van der Waals surface area contributed by atoms with E-state index in [0.29, 0.717) is 0 Å². The lowest BCUT2D eigenvalue weighted by molar-refractivity contribution is 1.39. The van der Waals surface area contributed by atoms with E-state index in [1.54, 1.807) is 6.08 Å². The van der Waals surface area contributed by atoms with Crippen molar-refractivity contribution in [3.05, 3.63) is 158 Å². The topological polar surface area (TPSA) is 24.1 Å². The van der Waals surface area contributed by atoms with E-state index < -0.39 is 0 Å². The van der Waals surface area contributed by atoms with Crippen LogP contribution in [0.3, 0.4) is 0 Å². The van der Waals surface area contributed by atoms with Crippen molar-refractivity contribution in [2.75, 3.05) is 10.6 Å². The summed E-state index contributed by atoms with van der Waals surface area (Å²) in [6.07, 6.45) is 24.8. The summed E-state index contributed by atoms with van der Waals surface area (Å²) in [5, 5.41) is 6.66. The second-order valence-electron chi connectivity index (χ2n) is 7.44. The second kappa shape index (κ2) is 12.5. The first-order valence-corrected chi connectivity index (χ1v) is 10.9. The van der Waals surface area contributed by atoms with Gasteiger partial charge < -0.3 is 10.6 Å². The van der Waals surface area contributed by atoms with Crippen molar-refractivity contribution in [1.29, 1.82) is 0 Å². The number of benzene rings is 2. The summed E-state index contributed by atoms with van der Waals surface area (Å²) in [6.45, 7) is 12.1. The first-order valence-electron chi connectivity index (χ1n) is 10.9. The lowest BCUT2D eigenvalue weighted by Gasteiger charge is -2.14. The number of fused-ring (bicyclic) bond motifs is 1. The van der Waals surface area contributed by atoms with Crippen molar-refractivity contribution in [2.24, 2.45) is 0 Å². The van der Waals surface area contributed by atoms with Gasteiger partial charge in [0.15, 0.2) is 0 Å². The van der Waals surface area contributed by atoms with Crippen LogP contribution in [0.1, 0.15) is 17.5 Å². The summed E-state index contributed by atoms with van der Waals surface area (Å²) in [7, 11) is 0. The molecular formula is C31H30N2.